The van der Waals surface area contributed by atoms with E-state index >= 15 is 0 Å². The van der Waals surface area contributed by atoms with E-state index in [1.807, 2.05) is 12.1 Å². The van der Waals surface area contributed by atoms with Crippen LogP contribution >= 0.6 is 11.6 Å². The van der Waals surface area contributed by atoms with Gasteiger partial charge in [0.05, 0.1) is 17.0 Å². The number of nitrogens with one attached hydrogen (secondary N) is 1. The van der Waals surface area contributed by atoms with Gasteiger partial charge in [0.2, 0.25) is 10.0 Å². The molecule has 0 aliphatic carbocycles. The summed E-state index contributed by atoms with van der Waals surface area (Å²) in [6, 6.07) is 16.4. The van der Waals surface area contributed by atoms with E-state index in [4.69, 9.17) is 11.6 Å². The number of rotatable bonds is 7. The Kier molecular flexibility index (Phi) is 6.94. The first-order valence-corrected chi connectivity index (χ1v) is 11.2. The molecule has 0 aliphatic rings. The van der Waals surface area contributed by atoms with Crippen LogP contribution < -0.4 is 10.9 Å². The molecular weight excluding hydrogens is 438 g/mol. The summed E-state index contributed by atoms with van der Waals surface area (Å²) in [5, 5.41) is 3.26. The molecule has 0 saturated heterocycles. The van der Waals surface area contributed by atoms with Crippen molar-refractivity contribution in [2.75, 3.05) is 14.1 Å². The third-order valence-electron chi connectivity index (χ3n) is 4.71. The Balaban J connectivity index is 1.80. The maximum Gasteiger partial charge on any atom is 0.253 e. The molecule has 1 heterocycles. The lowest BCUT2D eigenvalue weighted by Gasteiger charge is -2.15. The van der Waals surface area contributed by atoms with Crippen LogP contribution in [0.25, 0.3) is 0 Å². The zero-order valence-corrected chi connectivity index (χ0v) is 18.7. The lowest BCUT2D eigenvalue weighted by atomic mass is 10.2. The highest BCUT2D eigenvalue weighted by Crippen LogP contribution is 2.19. The third kappa shape index (κ3) is 5.22. The van der Waals surface area contributed by atoms with Crippen LogP contribution in [0.5, 0.6) is 0 Å². The zero-order chi connectivity index (χ0) is 22.6. The molecule has 7 nitrogen and oxygen atoms in total. The van der Waals surface area contributed by atoms with Gasteiger partial charge in [0.1, 0.15) is 0 Å². The van der Waals surface area contributed by atoms with Gasteiger partial charge in [-0.2, -0.15) is 0 Å². The number of hydrogen-bond donors (Lipinski definition) is 1. The highest BCUT2D eigenvalue weighted by molar-refractivity contribution is 7.89. The van der Waals surface area contributed by atoms with E-state index in [0.29, 0.717) is 10.6 Å². The second kappa shape index (κ2) is 9.47. The Morgan fingerprint density at radius 3 is 2.32 bits per heavy atom. The minimum Gasteiger partial charge on any atom is -0.348 e. The number of pyridine rings is 1. The van der Waals surface area contributed by atoms with Crippen LogP contribution in [0.1, 0.15) is 21.5 Å². The standard InChI is InChI=1S/C22H22ClN3O4S/c1-25(2)31(29,30)20-10-6-4-7-16(20)13-24-22(28)18-11-12-21(27)26(15-18)14-17-8-3-5-9-19(17)23/h3-12,15H,13-14H2,1-2H3,(H,24,28). The minimum atomic E-state index is -3.65. The molecule has 9 heteroatoms. The summed E-state index contributed by atoms with van der Waals surface area (Å²) in [6.45, 7) is 0.245. The van der Waals surface area contributed by atoms with Crippen molar-refractivity contribution in [2.45, 2.75) is 18.0 Å². The highest BCUT2D eigenvalue weighted by Gasteiger charge is 2.21. The SMILES string of the molecule is CN(C)S(=O)(=O)c1ccccc1CNC(=O)c1ccc(=O)n(Cc2ccccc2Cl)c1. The van der Waals surface area contributed by atoms with Crippen molar-refractivity contribution in [2.24, 2.45) is 0 Å². The van der Waals surface area contributed by atoms with E-state index in [-0.39, 0.29) is 29.1 Å². The number of benzene rings is 2. The van der Waals surface area contributed by atoms with E-state index < -0.39 is 15.9 Å². The Morgan fingerprint density at radius 2 is 1.65 bits per heavy atom. The number of carbonyl (C=O) groups excluding carboxylic acids is 1. The largest absolute Gasteiger partial charge is 0.348 e. The molecule has 2 aromatic carbocycles. The topological polar surface area (TPSA) is 88.5 Å². The van der Waals surface area contributed by atoms with Crippen molar-refractivity contribution in [1.29, 1.82) is 0 Å². The normalized spacial score (nSPS) is 11.5. The number of sulfonamides is 1. The number of halogens is 1. The second-order valence-electron chi connectivity index (χ2n) is 7.05. The van der Waals surface area contributed by atoms with Gasteiger partial charge in [-0.25, -0.2) is 12.7 Å². The van der Waals surface area contributed by atoms with E-state index in [1.54, 1.807) is 30.3 Å². The summed E-state index contributed by atoms with van der Waals surface area (Å²) in [7, 11) is -0.744. The van der Waals surface area contributed by atoms with Crippen LogP contribution in [-0.4, -0.2) is 37.3 Å². The molecule has 1 amide bonds. The molecule has 0 aliphatic heterocycles. The third-order valence-corrected chi connectivity index (χ3v) is 7.00. The van der Waals surface area contributed by atoms with Gasteiger partial charge in [-0.15, -0.1) is 0 Å². The number of carbonyl (C=O) groups is 1. The number of amides is 1. The van der Waals surface area contributed by atoms with Gasteiger partial charge in [-0.05, 0) is 29.3 Å². The van der Waals surface area contributed by atoms with Crippen LogP contribution in [0, 0.1) is 0 Å². The second-order valence-corrected chi connectivity index (χ2v) is 9.58. The lowest BCUT2D eigenvalue weighted by molar-refractivity contribution is 0.0949. The molecule has 162 valence electrons. The first-order chi connectivity index (χ1) is 14.7. The quantitative estimate of drug-likeness (QED) is 0.588. The molecular formula is C22H22ClN3O4S. The summed E-state index contributed by atoms with van der Waals surface area (Å²) < 4.78 is 27.6. The number of hydrogen-bond acceptors (Lipinski definition) is 4. The highest BCUT2D eigenvalue weighted by atomic mass is 35.5. The lowest BCUT2D eigenvalue weighted by Crippen LogP contribution is -2.28. The molecule has 3 rings (SSSR count). The minimum absolute atomic E-state index is 0.0196. The van der Waals surface area contributed by atoms with Gasteiger partial charge in [0, 0.05) is 37.9 Å². The van der Waals surface area contributed by atoms with Gasteiger partial charge >= 0.3 is 0 Å². The van der Waals surface area contributed by atoms with Crippen LogP contribution in [-0.2, 0) is 23.1 Å². The molecule has 1 aromatic heterocycles. The maximum atomic E-state index is 12.7. The van der Waals surface area contributed by atoms with Gasteiger partial charge in [-0.3, -0.25) is 9.59 Å². The smallest absolute Gasteiger partial charge is 0.253 e. The van der Waals surface area contributed by atoms with Crippen LogP contribution in [0.4, 0.5) is 0 Å². The van der Waals surface area contributed by atoms with Gasteiger partial charge < -0.3 is 9.88 Å². The van der Waals surface area contributed by atoms with Crippen molar-refractivity contribution < 1.29 is 13.2 Å². The predicted molar refractivity (Wildman–Crippen MR) is 120 cm³/mol. The fraction of sp³-hybridized carbons (Fsp3) is 0.182. The summed E-state index contributed by atoms with van der Waals surface area (Å²) in [6.07, 6.45) is 1.46. The Hall–Kier alpha value is -2.94. The van der Waals surface area contributed by atoms with Crippen LogP contribution in [0.3, 0.4) is 0 Å². The van der Waals surface area contributed by atoms with Crippen molar-refractivity contribution in [3.63, 3.8) is 0 Å². The van der Waals surface area contributed by atoms with Crippen LogP contribution in [0.2, 0.25) is 5.02 Å². The summed E-state index contributed by atoms with van der Waals surface area (Å²) in [4.78, 5) is 25.0. The Bertz CT molecular complexity index is 1270. The first kappa shape index (κ1) is 22.7. The summed E-state index contributed by atoms with van der Waals surface area (Å²) in [5.74, 6) is -0.426. The van der Waals surface area contributed by atoms with E-state index in [0.717, 1.165) is 9.87 Å². The number of aromatic nitrogens is 1. The predicted octanol–water partition coefficient (Wildman–Crippen LogP) is 2.73. The molecule has 0 unspecified atom stereocenters. The van der Waals surface area contributed by atoms with Crippen LogP contribution in [0.15, 0.2) is 76.6 Å². The van der Waals surface area contributed by atoms with Gasteiger partial charge in [-0.1, -0.05) is 48.0 Å². The van der Waals surface area contributed by atoms with Crippen molar-refractivity contribution in [1.82, 2.24) is 14.2 Å². The molecule has 0 bridgehead atoms. The molecule has 31 heavy (non-hydrogen) atoms. The average Bonchev–Trinajstić information content (AvgIpc) is 2.75. The number of nitrogens with zero attached hydrogens (tertiary/aromatic N) is 2. The van der Waals surface area contributed by atoms with Crippen molar-refractivity contribution in [3.8, 4) is 0 Å². The van der Waals surface area contributed by atoms with E-state index in [9.17, 15) is 18.0 Å². The van der Waals surface area contributed by atoms with Crippen molar-refractivity contribution in [3.05, 3.63) is 98.9 Å². The molecule has 3 aromatic rings. The maximum absolute atomic E-state index is 12.7. The molecule has 0 fully saturated rings. The first-order valence-electron chi connectivity index (χ1n) is 9.42. The zero-order valence-electron chi connectivity index (χ0n) is 17.1. The van der Waals surface area contributed by atoms with Gasteiger partial charge in [0.25, 0.3) is 11.5 Å². The Labute approximate surface area is 185 Å². The van der Waals surface area contributed by atoms with E-state index in [2.05, 4.69) is 5.32 Å². The molecule has 0 atom stereocenters. The molecule has 0 spiro atoms. The van der Waals surface area contributed by atoms with Gasteiger partial charge in [0.15, 0.2) is 0 Å². The summed E-state index contributed by atoms with van der Waals surface area (Å²) >= 11 is 6.17. The Morgan fingerprint density at radius 1 is 1.00 bits per heavy atom. The van der Waals surface area contributed by atoms with E-state index in [1.165, 1.54) is 43.1 Å². The fourth-order valence-corrected chi connectivity index (χ4v) is 4.29. The summed E-state index contributed by atoms with van der Waals surface area (Å²) in [5.41, 5.74) is 1.24. The molecule has 0 saturated carbocycles. The molecule has 0 radical (unpaired) electrons. The average molecular weight is 460 g/mol. The fourth-order valence-electron chi connectivity index (χ4n) is 2.98. The monoisotopic (exact) mass is 459 g/mol. The molecule has 1 N–H and O–H groups in total. The van der Waals surface area contributed by atoms with Crippen molar-refractivity contribution >= 4 is 27.5 Å².